The summed E-state index contributed by atoms with van der Waals surface area (Å²) >= 11 is 0. The summed E-state index contributed by atoms with van der Waals surface area (Å²) in [6, 6.07) is 6.36. The van der Waals surface area contributed by atoms with Crippen molar-refractivity contribution in [3.8, 4) is 6.07 Å². The van der Waals surface area contributed by atoms with Crippen LogP contribution in [0.2, 0.25) is 0 Å². The van der Waals surface area contributed by atoms with Gasteiger partial charge in [0.2, 0.25) is 5.88 Å². The molecule has 0 spiro atoms. The number of Topliss-reactive ketones (excluding diaryl/α,β-unsaturated/α-hetero) is 1. The number of alkyl halides is 3. The summed E-state index contributed by atoms with van der Waals surface area (Å²) in [5, 5.41) is 9.42. The van der Waals surface area contributed by atoms with Gasteiger partial charge in [-0.25, -0.2) is 0 Å². The maximum atomic E-state index is 12.8. The van der Waals surface area contributed by atoms with Crippen LogP contribution in [0, 0.1) is 17.2 Å². The lowest BCUT2D eigenvalue weighted by Gasteiger charge is -2.33. The molecule has 1 aliphatic heterocycles. The molecule has 0 amide bonds. The fraction of sp³-hybridized carbons (Fsp3) is 0.333. The van der Waals surface area contributed by atoms with Crippen LogP contribution in [0.5, 0.6) is 0 Å². The fourth-order valence-electron chi connectivity index (χ4n) is 3.29. The van der Waals surface area contributed by atoms with Crippen LogP contribution >= 0.6 is 0 Å². The van der Waals surface area contributed by atoms with Gasteiger partial charge in [-0.2, -0.15) is 18.4 Å². The lowest BCUT2D eigenvalue weighted by molar-refractivity contribution is -0.137. The summed E-state index contributed by atoms with van der Waals surface area (Å²) < 4.78 is 43.8. The smallest absolute Gasteiger partial charge is 0.416 e. The predicted molar refractivity (Wildman–Crippen MR) is 82.5 cm³/mol. The zero-order valence-electron chi connectivity index (χ0n) is 13.4. The molecule has 25 heavy (non-hydrogen) atoms. The normalized spacial score (nSPS) is 23.9. The number of allylic oxidation sites excluding steroid dienone is 3. The third-order valence-electron chi connectivity index (χ3n) is 4.44. The van der Waals surface area contributed by atoms with Crippen LogP contribution in [0.3, 0.4) is 0 Å². The highest BCUT2D eigenvalue weighted by atomic mass is 19.4. The molecule has 2 unspecified atom stereocenters. The lowest BCUT2D eigenvalue weighted by atomic mass is 9.75. The molecule has 1 aromatic rings. The second-order valence-electron chi connectivity index (χ2n) is 6.32. The van der Waals surface area contributed by atoms with Crippen molar-refractivity contribution in [2.75, 3.05) is 0 Å². The zero-order valence-corrected chi connectivity index (χ0v) is 13.4. The van der Waals surface area contributed by atoms with E-state index in [-0.39, 0.29) is 23.2 Å². The highest BCUT2D eigenvalue weighted by Gasteiger charge is 2.40. The van der Waals surface area contributed by atoms with Gasteiger partial charge in [0, 0.05) is 18.4 Å². The largest absolute Gasteiger partial charge is 0.444 e. The Bertz CT molecular complexity index is 829. The van der Waals surface area contributed by atoms with E-state index in [2.05, 4.69) is 0 Å². The average Bonchev–Trinajstić information content (AvgIpc) is 2.52. The Morgan fingerprint density at radius 1 is 1.24 bits per heavy atom. The number of rotatable bonds is 1. The minimum atomic E-state index is -4.46. The second kappa shape index (κ2) is 5.96. The third kappa shape index (κ3) is 3.00. The quantitative estimate of drug-likeness (QED) is 0.838. The topological polar surface area (TPSA) is 76.1 Å². The standard InChI is InChI=1S/C18H15F3N2O2/c1-9-6-13(24)16-14(7-9)25-17(23)12(8-22)15(16)10-2-4-11(5-3-10)18(19,20)21/h2-5,9,15H,6-7,23H2,1H3. The minimum Gasteiger partial charge on any atom is -0.444 e. The number of halogens is 3. The highest BCUT2D eigenvalue weighted by molar-refractivity contribution is 5.99. The number of ketones is 1. The molecule has 0 saturated carbocycles. The SMILES string of the molecule is CC1CC(=O)C2=C(C1)OC(N)=C(C#N)C2c1ccc(C(F)(F)F)cc1. The van der Waals surface area contributed by atoms with Crippen molar-refractivity contribution in [2.24, 2.45) is 11.7 Å². The Morgan fingerprint density at radius 2 is 1.88 bits per heavy atom. The van der Waals surface area contributed by atoms with E-state index >= 15 is 0 Å². The van der Waals surface area contributed by atoms with E-state index < -0.39 is 17.7 Å². The second-order valence-corrected chi connectivity index (χ2v) is 6.32. The Balaban J connectivity index is 2.11. The summed E-state index contributed by atoms with van der Waals surface area (Å²) in [6.45, 7) is 1.90. The summed E-state index contributed by atoms with van der Waals surface area (Å²) in [5.74, 6) is -0.580. The van der Waals surface area contributed by atoms with E-state index in [4.69, 9.17) is 10.5 Å². The number of benzene rings is 1. The molecule has 0 aromatic heterocycles. The van der Waals surface area contributed by atoms with Crippen LogP contribution in [-0.4, -0.2) is 5.78 Å². The van der Waals surface area contributed by atoms with Gasteiger partial charge in [0.1, 0.15) is 17.4 Å². The van der Waals surface area contributed by atoms with Crippen molar-refractivity contribution in [2.45, 2.75) is 31.9 Å². The number of carbonyl (C=O) groups is 1. The van der Waals surface area contributed by atoms with Crippen molar-refractivity contribution in [3.05, 3.63) is 58.2 Å². The molecule has 2 atom stereocenters. The van der Waals surface area contributed by atoms with Gasteiger partial charge in [0.05, 0.1) is 11.5 Å². The Kier molecular flexibility index (Phi) is 4.07. The molecule has 4 nitrogen and oxygen atoms in total. The summed E-state index contributed by atoms with van der Waals surface area (Å²) in [4.78, 5) is 12.5. The molecular formula is C18H15F3N2O2. The summed E-state index contributed by atoms with van der Waals surface area (Å²) in [7, 11) is 0. The van der Waals surface area contributed by atoms with E-state index in [0.717, 1.165) is 12.1 Å². The van der Waals surface area contributed by atoms with Crippen LogP contribution in [-0.2, 0) is 15.7 Å². The Morgan fingerprint density at radius 3 is 2.44 bits per heavy atom. The molecule has 0 bridgehead atoms. The van der Waals surface area contributed by atoms with E-state index in [1.807, 2.05) is 13.0 Å². The van der Waals surface area contributed by atoms with Crippen LogP contribution in [0.15, 0.2) is 47.1 Å². The number of hydrogen-bond donors (Lipinski definition) is 1. The predicted octanol–water partition coefficient (Wildman–Crippen LogP) is 3.77. The number of nitrogens with two attached hydrogens (primary N) is 1. The first-order valence-corrected chi connectivity index (χ1v) is 7.73. The van der Waals surface area contributed by atoms with Crippen molar-refractivity contribution in [3.63, 3.8) is 0 Å². The van der Waals surface area contributed by atoms with Gasteiger partial charge in [-0.3, -0.25) is 4.79 Å². The van der Waals surface area contributed by atoms with Gasteiger partial charge in [-0.1, -0.05) is 19.1 Å². The van der Waals surface area contributed by atoms with E-state index in [0.29, 0.717) is 29.7 Å². The molecule has 2 aliphatic rings. The van der Waals surface area contributed by atoms with Crippen LogP contribution in [0.4, 0.5) is 13.2 Å². The first-order chi connectivity index (χ1) is 11.7. The number of carbonyl (C=O) groups excluding carboxylic acids is 1. The molecule has 1 aliphatic carbocycles. The summed E-state index contributed by atoms with van der Waals surface area (Å²) in [5.41, 5.74) is 5.80. The van der Waals surface area contributed by atoms with E-state index in [1.54, 1.807) is 0 Å². The molecule has 7 heteroatoms. The van der Waals surface area contributed by atoms with Crippen molar-refractivity contribution in [1.29, 1.82) is 5.26 Å². The molecule has 1 heterocycles. The van der Waals surface area contributed by atoms with Gasteiger partial charge in [0.25, 0.3) is 0 Å². The van der Waals surface area contributed by atoms with Crippen molar-refractivity contribution >= 4 is 5.78 Å². The molecule has 0 fully saturated rings. The average molecular weight is 348 g/mol. The molecule has 0 radical (unpaired) electrons. The fourth-order valence-corrected chi connectivity index (χ4v) is 3.29. The molecule has 2 N–H and O–H groups in total. The van der Waals surface area contributed by atoms with Crippen LogP contribution in [0.1, 0.15) is 36.8 Å². The minimum absolute atomic E-state index is 0.0430. The Labute approximate surface area is 142 Å². The molecule has 3 rings (SSSR count). The number of ether oxygens (including phenoxy) is 1. The first kappa shape index (κ1) is 17.1. The van der Waals surface area contributed by atoms with Gasteiger partial charge in [0.15, 0.2) is 5.78 Å². The zero-order chi connectivity index (χ0) is 18.4. The van der Waals surface area contributed by atoms with Crippen LogP contribution < -0.4 is 5.73 Å². The maximum absolute atomic E-state index is 12.8. The third-order valence-corrected chi connectivity index (χ3v) is 4.44. The number of nitrogens with zero attached hydrogens (tertiary/aromatic N) is 1. The number of hydrogen-bond acceptors (Lipinski definition) is 4. The lowest BCUT2D eigenvalue weighted by Crippen LogP contribution is -2.29. The van der Waals surface area contributed by atoms with Gasteiger partial charge < -0.3 is 10.5 Å². The maximum Gasteiger partial charge on any atom is 0.416 e. The van der Waals surface area contributed by atoms with Gasteiger partial charge >= 0.3 is 6.18 Å². The molecular weight excluding hydrogens is 333 g/mol. The highest BCUT2D eigenvalue weighted by Crippen LogP contribution is 2.44. The van der Waals surface area contributed by atoms with Crippen LogP contribution in [0.25, 0.3) is 0 Å². The molecule has 130 valence electrons. The van der Waals surface area contributed by atoms with Gasteiger partial charge in [-0.05, 0) is 23.6 Å². The molecule has 1 aromatic carbocycles. The van der Waals surface area contributed by atoms with Gasteiger partial charge in [-0.15, -0.1) is 0 Å². The first-order valence-electron chi connectivity index (χ1n) is 7.73. The Hall–Kier alpha value is -2.75. The van der Waals surface area contributed by atoms with Crippen molar-refractivity contribution in [1.82, 2.24) is 0 Å². The monoisotopic (exact) mass is 348 g/mol. The molecule has 0 saturated heterocycles. The number of nitriles is 1. The van der Waals surface area contributed by atoms with Crippen molar-refractivity contribution < 1.29 is 22.7 Å². The summed E-state index contributed by atoms with van der Waals surface area (Å²) in [6.07, 6.45) is -3.66. The van der Waals surface area contributed by atoms with E-state index in [9.17, 15) is 23.2 Å². The van der Waals surface area contributed by atoms with E-state index in [1.165, 1.54) is 12.1 Å².